The van der Waals surface area contributed by atoms with E-state index in [-0.39, 0.29) is 31.2 Å². The van der Waals surface area contributed by atoms with E-state index >= 15 is 0 Å². The van der Waals surface area contributed by atoms with Gasteiger partial charge in [0.1, 0.15) is 6.67 Å². The second-order valence-electron chi connectivity index (χ2n) is 8.57. The van der Waals surface area contributed by atoms with Crippen LogP contribution >= 0.6 is 11.6 Å². The molecule has 9 nitrogen and oxygen atoms in total. The van der Waals surface area contributed by atoms with Gasteiger partial charge in [0.15, 0.2) is 0 Å². The fraction of sp³-hybridized carbons (Fsp3) is 0.385. The first-order valence-corrected chi connectivity index (χ1v) is 12.5. The highest BCUT2D eigenvalue weighted by Crippen LogP contribution is 2.26. The molecule has 0 saturated carbocycles. The number of piperazine rings is 1. The third kappa shape index (κ3) is 6.22. The summed E-state index contributed by atoms with van der Waals surface area (Å²) in [5.74, 6) is -0.587. The number of aromatic nitrogens is 2. The van der Waals surface area contributed by atoms with E-state index in [1.54, 1.807) is 31.2 Å². The van der Waals surface area contributed by atoms with Crippen molar-refractivity contribution in [3.05, 3.63) is 69.6 Å². The summed E-state index contributed by atoms with van der Waals surface area (Å²) in [6.07, 6.45) is 0.257. The molecule has 1 aliphatic heterocycles. The number of esters is 1. The van der Waals surface area contributed by atoms with Gasteiger partial charge in [0.2, 0.25) is 5.91 Å². The SMILES string of the molecule is CCOC(=O)Cc1nn(CNC(=O)CCN2CCN(c3ccccc3Cl)CC2)c(=O)c2ccccc12. The number of halogens is 1. The van der Waals surface area contributed by atoms with Crippen LogP contribution in [0.25, 0.3) is 10.8 Å². The van der Waals surface area contributed by atoms with Gasteiger partial charge in [0.25, 0.3) is 5.56 Å². The summed E-state index contributed by atoms with van der Waals surface area (Å²) in [4.78, 5) is 42.0. The summed E-state index contributed by atoms with van der Waals surface area (Å²) in [7, 11) is 0. The molecule has 3 aromatic rings. The lowest BCUT2D eigenvalue weighted by Gasteiger charge is -2.36. The number of para-hydroxylation sites is 1. The standard InChI is InChI=1S/C26H30ClN5O4/c1-2-36-25(34)17-22-19-7-3-4-8-20(19)26(35)32(29-22)18-28-24(33)11-12-30-13-15-31(16-14-30)23-10-6-5-9-21(23)27/h3-10H,2,11-18H2,1H3,(H,28,33). The van der Waals surface area contributed by atoms with Crippen molar-refractivity contribution in [2.45, 2.75) is 26.4 Å². The molecule has 2 aromatic carbocycles. The molecule has 1 fully saturated rings. The number of amides is 1. The molecular formula is C26H30ClN5O4. The maximum absolute atomic E-state index is 12.9. The lowest BCUT2D eigenvalue weighted by atomic mass is 10.1. The van der Waals surface area contributed by atoms with Gasteiger partial charge in [-0.15, -0.1) is 0 Å². The normalized spacial score (nSPS) is 14.1. The van der Waals surface area contributed by atoms with E-state index in [1.165, 1.54) is 4.68 Å². The van der Waals surface area contributed by atoms with E-state index in [2.05, 4.69) is 20.2 Å². The summed E-state index contributed by atoms with van der Waals surface area (Å²) in [6, 6.07) is 14.8. The lowest BCUT2D eigenvalue weighted by Crippen LogP contribution is -2.47. The number of benzene rings is 2. The van der Waals surface area contributed by atoms with Gasteiger partial charge in [-0.05, 0) is 25.1 Å². The first-order valence-electron chi connectivity index (χ1n) is 12.1. The predicted octanol–water partition coefficient (Wildman–Crippen LogP) is 2.44. The third-order valence-corrected chi connectivity index (χ3v) is 6.53. The van der Waals surface area contributed by atoms with Crippen LogP contribution in [0.15, 0.2) is 53.3 Å². The van der Waals surface area contributed by atoms with E-state index in [1.807, 2.05) is 24.3 Å². The largest absolute Gasteiger partial charge is 0.466 e. The molecular weight excluding hydrogens is 482 g/mol. The molecule has 1 amide bonds. The van der Waals surface area contributed by atoms with E-state index in [9.17, 15) is 14.4 Å². The number of anilines is 1. The van der Waals surface area contributed by atoms with Crippen LogP contribution in [0.2, 0.25) is 5.02 Å². The fourth-order valence-electron chi connectivity index (χ4n) is 4.32. The highest BCUT2D eigenvalue weighted by molar-refractivity contribution is 6.33. The number of carbonyl (C=O) groups is 2. The van der Waals surface area contributed by atoms with Crippen molar-refractivity contribution in [3.63, 3.8) is 0 Å². The Balaban J connectivity index is 1.32. The molecule has 0 atom stereocenters. The Labute approximate surface area is 214 Å². The Bertz CT molecular complexity index is 1290. The first-order chi connectivity index (χ1) is 17.5. The summed E-state index contributed by atoms with van der Waals surface area (Å²) in [5.41, 5.74) is 1.15. The summed E-state index contributed by atoms with van der Waals surface area (Å²) in [5, 5.41) is 8.92. The van der Waals surface area contributed by atoms with Crippen LogP contribution in [0.4, 0.5) is 5.69 Å². The van der Waals surface area contributed by atoms with Crippen LogP contribution in [0.1, 0.15) is 19.0 Å². The highest BCUT2D eigenvalue weighted by atomic mass is 35.5. The third-order valence-electron chi connectivity index (χ3n) is 6.21. The van der Waals surface area contributed by atoms with Crippen molar-refractivity contribution in [1.82, 2.24) is 20.0 Å². The van der Waals surface area contributed by atoms with Crippen LogP contribution < -0.4 is 15.8 Å². The highest BCUT2D eigenvalue weighted by Gasteiger charge is 2.19. The smallest absolute Gasteiger partial charge is 0.311 e. The lowest BCUT2D eigenvalue weighted by molar-refractivity contribution is -0.142. The number of carbonyl (C=O) groups excluding carboxylic acids is 2. The Morgan fingerprint density at radius 3 is 2.44 bits per heavy atom. The Kier molecular flexibility index (Phi) is 8.56. The summed E-state index contributed by atoms with van der Waals surface area (Å²) in [6.45, 7) is 5.90. The minimum atomic E-state index is -0.418. The number of fused-ring (bicyclic) bond motifs is 1. The second-order valence-corrected chi connectivity index (χ2v) is 8.97. The van der Waals surface area contributed by atoms with Crippen LogP contribution in [0, 0.1) is 0 Å². The summed E-state index contributed by atoms with van der Waals surface area (Å²) >= 11 is 6.31. The molecule has 0 bridgehead atoms. The van der Waals surface area contributed by atoms with Crippen LogP contribution in [0.3, 0.4) is 0 Å². The van der Waals surface area contributed by atoms with Crippen molar-refractivity contribution in [1.29, 1.82) is 0 Å². The quantitative estimate of drug-likeness (QED) is 0.441. The molecule has 190 valence electrons. The van der Waals surface area contributed by atoms with Gasteiger partial charge in [-0.1, -0.05) is 41.9 Å². The average molecular weight is 512 g/mol. The number of rotatable bonds is 9. The van der Waals surface area contributed by atoms with Gasteiger partial charge in [0.05, 0.1) is 34.8 Å². The van der Waals surface area contributed by atoms with E-state index in [0.717, 1.165) is 36.9 Å². The molecule has 36 heavy (non-hydrogen) atoms. The zero-order valence-electron chi connectivity index (χ0n) is 20.3. The summed E-state index contributed by atoms with van der Waals surface area (Å²) < 4.78 is 6.23. The van der Waals surface area contributed by atoms with Crippen LogP contribution in [0.5, 0.6) is 0 Å². The van der Waals surface area contributed by atoms with Crippen molar-refractivity contribution < 1.29 is 14.3 Å². The van der Waals surface area contributed by atoms with Crippen molar-refractivity contribution in [3.8, 4) is 0 Å². The van der Waals surface area contributed by atoms with Gasteiger partial charge >= 0.3 is 5.97 Å². The molecule has 4 rings (SSSR count). The molecule has 1 saturated heterocycles. The van der Waals surface area contributed by atoms with Gasteiger partial charge in [0, 0.05) is 44.5 Å². The topological polar surface area (TPSA) is 96.8 Å². The van der Waals surface area contributed by atoms with E-state index in [0.29, 0.717) is 29.4 Å². The minimum Gasteiger partial charge on any atom is -0.466 e. The van der Waals surface area contributed by atoms with Crippen LogP contribution in [-0.2, 0) is 27.4 Å². The Morgan fingerprint density at radius 1 is 1.03 bits per heavy atom. The Hall–Kier alpha value is -3.43. The first kappa shape index (κ1) is 25.7. The zero-order chi connectivity index (χ0) is 25.5. The number of hydrogen-bond acceptors (Lipinski definition) is 7. The number of hydrogen-bond donors (Lipinski definition) is 1. The van der Waals surface area contributed by atoms with Crippen molar-refractivity contribution >= 4 is 39.9 Å². The van der Waals surface area contributed by atoms with Gasteiger partial charge < -0.3 is 15.0 Å². The van der Waals surface area contributed by atoms with E-state index < -0.39 is 5.97 Å². The second kappa shape index (κ2) is 12.0. The van der Waals surface area contributed by atoms with Gasteiger partial charge in [-0.25, -0.2) is 4.68 Å². The van der Waals surface area contributed by atoms with Gasteiger partial charge in [-0.2, -0.15) is 5.10 Å². The molecule has 1 aliphatic rings. The fourth-order valence-corrected chi connectivity index (χ4v) is 4.58. The predicted molar refractivity (Wildman–Crippen MR) is 139 cm³/mol. The molecule has 0 spiro atoms. The maximum atomic E-state index is 12.9. The average Bonchev–Trinajstić information content (AvgIpc) is 2.89. The molecule has 0 aliphatic carbocycles. The van der Waals surface area contributed by atoms with E-state index in [4.69, 9.17) is 16.3 Å². The molecule has 0 radical (unpaired) electrons. The minimum absolute atomic E-state index is 0.0528. The number of nitrogens with one attached hydrogen (secondary N) is 1. The monoisotopic (exact) mass is 511 g/mol. The molecule has 1 N–H and O–H groups in total. The molecule has 0 unspecified atom stereocenters. The number of ether oxygens (including phenoxy) is 1. The Morgan fingerprint density at radius 2 is 1.72 bits per heavy atom. The molecule has 1 aromatic heterocycles. The maximum Gasteiger partial charge on any atom is 0.311 e. The molecule has 10 heteroatoms. The van der Waals surface area contributed by atoms with Gasteiger partial charge in [-0.3, -0.25) is 19.3 Å². The number of nitrogens with zero attached hydrogens (tertiary/aromatic N) is 4. The van der Waals surface area contributed by atoms with Crippen molar-refractivity contribution in [2.24, 2.45) is 0 Å². The molecule has 2 heterocycles. The van der Waals surface area contributed by atoms with Crippen molar-refractivity contribution in [2.75, 3.05) is 44.2 Å². The zero-order valence-corrected chi connectivity index (χ0v) is 21.0. The van der Waals surface area contributed by atoms with Crippen LogP contribution in [-0.4, -0.2) is 65.9 Å².